The molecule has 2 rings (SSSR count). The average molecular weight is 220 g/mol. The summed E-state index contributed by atoms with van der Waals surface area (Å²) in [5.41, 5.74) is 1.16. The molecule has 0 fully saturated rings. The Labute approximate surface area is 94.1 Å². The van der Waals surface area contributed by atoms with Crippen molar-refractivity contribution in [1.82, 2.24) is 30.3 Å². The highest BCUT2D eigenvalue weighted by Crippen LogP contribution is 2.15. The second-order valence-corrected chi connectivity index (χ2v) is 3.93. The van der Waals surface area contributed by atoms with Crippen molar-refractivity contribution < 1.29 is 0 Å². The predicted molar refractivity (Wildman–Crippen MR) is 59.6 cm³/mol. The number of aromatic nitrogens is 5. The van der Waals surface area contributed by atoms with Gasteiger partial charge in [-0.25, -0.2) is 4.98 Å². The van der Waals surface area contributed by atoms with Crippen LogP contribution in [0.3, 0.4) is 0 Å². The van der Waals surface area contributed by atoms with Gasteiger partial charge in [0.15, 0.2) is 0 Å². The Morgan fingerprint density at radius 3 is 2.75 bits per heavy atom. The van der Waals surface area contributed by atoms with E-state index >= 15 is 0 Å². The lowest BCUT2D eigenvalue weighted by atomic mass is 10.1. The molecule has 2 aromatic rings. The number of hydrogen-bond acceptors (Lipinski definition) is 4. The zero-order valence-electron chi connectivity index (χ0n) is 9.68. The standard InChI is InChI=1S/C10H16N6/c1-7(9-4-13-16(3)5-9)14-8(2)10-11-6-12-15-10/h4-8,14H,1-3H3,(H,11,12,15). The van der Waals surface area contributed by atoms with E-state index in [2.05, 4.69) is 32.5 Å². The minimum atomic E-state index is 0.137. The molecule has 0 aliphatic heterocycles. The molecule has 86 valence electrons. The van der Waals surface area contributed by atoms with E-state index in [0.29, 0.717) is 0 Å². The molecule has 16 heavy (non-hydrogen) atoms. The lowest BCUT2D eigenvalue weighted by molar-refractivity contribution is 0.477. The second-order valence-electron chi connectivity index (χ2n) is 3.93. The molecule has 0 saturated carbocycles. The molecule has 0 bridgehead atoms. The summed E-state index contributed by atoms with van der Waals surface area (Å²) in [5, 5.41) is 14.3. The van der Waals surface area contributed by atoms with Gasteiger partial charge in [0, 0.05) is 24.8 Å². The van der Waals surface area contributed by atoms with Crippen molar-refractivity contribution in [3.63, 3.8) is 0 Å². The maximum absolute atomic E-state index is 4.15. The van der Waals surface area contributed by atoms with Crippen molar-refractivity contribution in [2.45, 2.75) is 25.9 Å². The zero-order valence-corrected chi connectivity index (χ0v) is 9.68. The normalized spacial score (nSPS) is 14.9. The molecule has 0 amide bonds. The third-order valence-electron chi connectivity index (χ3n) is 2.57. The van der Waals surface area contributed by atoms with Gasteiger partial charge in [-0.2, -0.15) is 10.2 Å². The van der Waals surface area contributed by atoms with Crippen molar-refractivity contribution in [2.24, 2.45) is 7.05 Å². The summed E-state index contributed by atoms with van der Waals surface area (Å²) < 4.78 is 1.80. The lowest BCUT2D eigenvalue weighted by Crippen LogP contribution is -2.23. The van der Waals surface area contributed by atoms with E-state index in [1.54, 1.807) is 4.68 Å². The van der Waals surface area contributed by atoms with Crippen molar-refractivity contribution >= 4 is 0 Å². The molecule has 2 N–H and O–H groups in total. The fourth-order valence-electron chi connectivity index (χ4n) is 1.64. The quantitative estimate of drug-likeness (QED) is 0.804. The number of nitrogens with one attached hydrogen (secondary N) is 2. The summed E-state index contributed by atoms with van der Waals surface area (Å²) in [7, 11) is 1.91. The first kappa shape index (κ1) is 10.8. The fraction of sp³-hybridized carbons (Fsp3) is 0.500. The van der Waals surface area contributed by atoms with Gasteiger partial charge in [0.1, 0.15) is 12.2 Å². The van der Waals surface area contributed by atoms with Gasteiger partial charge in [0.2, 0.25) is 0 Å². The molecule has 0 spiro atoms. The van der Waals surface area contributed by atoms with Gasteiger partial charge < -0.3 is 5.32 Å². The van der Waals surface area contributed by atoms with E-state index in [1.807, 2.05) is 26.4 Å². The van der Waals surface area contributed by atoms with Crippen molar-refractivity contribution in [1.29, 1.82) is 0 Å². The fourth-order valence-corrected chi connectivity index (χ4v) is 1.64. The van der Waals surface area contributed by atoms with Crippen LogP contribution >= 0.6 is 0 Å². The first-order valence-corrected chi connectivity index (χ1v) is 5.26. The SMILES string of the molecule is CC(NC(C)c1ncn[nH]1)c1cnn(C)c1. The molecule has 0 radical (unpaired) electrons. The Bertz CT molecular complexity index is 432. The molecule has 6 heteroatoms. The smallest absolute Gasteiger partial charge is 0.141 e. The van der Waals surface area contributed by atoms with E-state index in [9.17, 15) is 0 Å². The molecule has 2 aromatic heterocycles. The summed E-state index contributed by atoms with van der Waals surface area (Å²) in [6.45, 7) is 4.15. The maximum Gasteiger partial charge on any atom is 0.141 e. The lowest BCUT2D eigenvalue weighted by Gasteiger charge is -2.16. The summed E-state index contributed by atoms with van der Waals surface area (Å²) in [6.07, 6.45) is 5.39. The monoisotopic (exact) mass is 220 g/mol. The Hall–Kier alpha value is -1.69. The zero-order chi connectivity index (χ0) is 11.5. The highest BCUT2D eigenvalue weighted by molar-refractivity contribution is 5.09. The number of aromatic amines is 1. The molecule has 0 saturated heterocycles. The van der Waals surface area contributed by atoms with Crippen LogP contribution in [-0.4, -0.2) is 25.0 Å². The van der Waals surface area contributed by atoms with E-state index in [-0.39, 0.29) is 12.1 Å². The van der Waals surface area contributed by atoms with Gasteiger partial charge in [-0.05, 0) is 13.8 Å². The number of hydrogen-bond donors (Lipinski definition) is 2. The van der Waals surface area contributed by atoms with E-state index in [4.69, 9.17) is 0 Å². The maximum atomic E-state index is 4.15. The highest BCUT2D eigenvalue weighted by Gasteiger charge is 2.13. The molecule has 0 aliphatic carbocycles. The molecule has 6 nitrogen and oxygen atoms in total. The molecule has 2 unspecified atom stereocenters. The number of rotatable bonds is 4. The Kier molecular flexibility index (Phi) is 3.00. The highest BCUT2D eigenvalue weighted by atomic mass is 15.2. The molecular formula is C10H16N6. The Balaban J connectivity index is 2.00. The number of H-pyrrole nitrogens is 1. The summed E-state index contributed by atoms with van der Waals surface area (Å²) >= 11 is 0. The molecule has 2 heterocycles. The number of aryl methyl sites for hydroxylation is 1. The van der Waals surface area contributed by atoms with Gasteiger partial charge in [-0.3, -0.25) is 9.78 Å². The van der Waals surface area contributed by atoms with E-state index < -0.39 is 0 Å². The van der Waals surface area contributed by atoms with Crippen LogP contribution in [0.1, 0.15) is 37.3 Å². The summed E-state index contributed by atoms with van der Waals surface area (Å²) in [4.78, 5) is 4.12. The first-order chi connectivity index (χ1) is 7.66. The summed E-state index contributed by atoms with van der Waals surface area (Å²) in [5.74, 6) is 0.843. The molecule has 0 aromatic carbocycles. The van der Waals surface area contributed by atoms with Crippen LogP contribution in [0, 0.1) is 0 Å². The van der Waals surface area contributed by atoms with Gasteiger partial charge >= 0.3 is 0 Å². The van der Waals surface area contributed by atoms with Crippen molar-refractivity contribution in [3.05, 3.63) is 30.1 Å². The van der Waals surface area contributed by atoms with Crippen molar-refractivity contribution in [3.8, 4) is 0 Å². The predicted octanol–water partition coefficient (Wildman–Crippen LogP) is 0.950. The van der Waals surface area contributed by atoms with Crippen LogP contribution in [0.2, 0.25) is 0 Å². The average Bonchev–Trinajstić information content (AvgIpc) is 2.87. The van der Waals surface area contributed by atoms with Crippen molar-refractivity contribution in [2.75, 3.05) is 0 Å². The van der Waals surface area contributed by atoms with E-state index in [0.717, 1.165) is 11.4 Å². The minimum Gasteiger partial charge on any atom is -0.301 e. The largest absolute Gasteiger partial charge is 0.301 e. The van der Waals surface area contributed by atoms with Crippen LogP contribution in [0.25, 0.3) is 0 Å². The van der Waals surface area contributed by atoms with Gasteiger partial charge in [0.25, 0.3) is 0 Å². The second kappa shape index (κ2) is 4.44. The van der Waals surface area contributed by atoms with Crippen LogP contribution in [-0.2, 0) is 7.05 Å². The first-order valence-electron chi connectivity index (χ1n) is 5.26. The van der Waals surface area contributed by atoms with Crippen LogP contribution in [0.4, 0.5) is 0 Å². The topological polar surface area (TPSA) is 71.4 Å². The molecule has 2 atom stereocenters. The Morgan fingerprint density at radius 1 is 1.38 bits per heavy atom. The Morgan fingerprint density at radius 2 is 2.19 bits per heavy atom. The van der Waals surface area contributed by atoms with E-state index in [1.165, 1.54) is 6.33 Å². The minimum absolute atomic E-state index is 0.137. The number of nitrogens with zero attached hydrogens (tertiary/aromatic N) is 4. The van der Waals surface area contributed by atoms with Crippen LogP contribution < -0.4 is 5.32 Å². The molecular weight excluding hydrogens is 204 g/mol. The van der Waals surface area contributed by atoms with Crippen LogP contribution in [0.5, 0.6) is 0 Å². The van der Waals surface area contributed by atoms with Gasteiger partial charge in [-0.15, -0.1) is 0 Å². The molecule has 0 aliphatic rings. The van der Waals surface area contributed by atoms with Gasteiger partial charge in [0.05, 0.1) is 12.2 Å². The van der Waals surface area contributed by atoms with Gasteiger partial charge in [-0.1, -0.05) is 0 Å². The van der Waals surface area contributed by atoms with Crippen LogP contribution in [0.15, 0.2) is 18.7 Å². The third kappa shape index (κ3) is 2.27. The summed E-state index contributed by atoms with van der Waals surface area (Å²) in [6, 6.07) is 0.367. The third-order valence-corrected chi connectivity index (χ3v) is 2.57.